The summed E-state index contributed by atoms with van der Waals surface area (Å²) >= 11 is 0. The lowest BCUT2D eigenvalue weighted by Crippen LogP contribution is -2.40. The van der Waals surface area contributed by atoms with Crippen LogP contribution in [0.4, 0.5) is 0 Å². The summed E-state index contributed by atoms with van der Waals surface area (Å²) in [5.74, 6) is -0.553. The van der Waals surface area contributed by atoms with E-state index < -0.39 is 11.9 Å². The van der Waals surface area contributed by atoms with E-state index in [4.69, 9.17) is 20.9 Å². The highest BCUT2D eigenvalue weighted by molar-refractivity contribution is 5.79. The average molecular weight is 162 g/mol. The molecule has 0 aromatic carbocycles. The Morgan fingerprint density at radius 3 is 2.64 bits per heavy atom. The first kappa shape index (κ1) is 10.3. The molecule has 0 rings (SSSR count). The van der Waals surface area contributed by atoms with Gasteiger partial charge in [0.1, 0.15) is 6.04 Å². The molecule has 0 spiro atoms. The molecular weight excluding hydrogens is 148 g/mol. The van der Waals surface area contributed by atoms with Gasteiger partial charge in [0.25, 0.3) is 0 Å². The van der Waals surface area contributed by atoms with E-state index in [1.54, 1.807) is 7.11 Å². The Balaban J connectivity index is 3.17. The Hall–Kier alpha value is -0.650. The summed E-state index contributed by atoms with van der Waals surface area (Å²) in [7, 11) is 1.57. The molecule has 0 aliphatic heterocycles. The zero-order valence-electron chi connectivity index (χ0n) is 6.58. The quantitative estimate of drug-likeness (QED) is 0.463. The van der Waals surface area contributed by atoms with Gasteiger partial charge in [0.05, 0.1) is 19.8 Å². The largest absolute Gasteiger partial charge is 0.382 e. The molecule has 4 N–H and O–H groups in total. The van der Waals surface area contributed by atoms with Crippen LogP contribution in [0.1, 0.15) is 0 Å². The molecule has 1 unspecified atom stereocenters. The number of nitrogens with two attached hydrogens (primary N) is 2. The zero-order chi connectivity index (χ0) is 8.69. The highest BCUT2D eigenvalue weighted by atomic mass is 16.5. The van der Waals surface area contributed by atoms with Crippen molar-refractivity contribution in [2.75, 3.05) is 26.9 Å². The maximum Gasteiger partial charge on any atom is 0.236 e. The van der Waals surface area contributed by atoms with Gasteiger partial charge in [0.15, 0.2) is 0 Å². The smallest absolute Gasteiger partial charge is 0.236 e. The third-order valence-corrected chi connectivity index (χ3v) is 1.09. The molecule has 0 aliphatic rings. The minimum Gasteiger partial charge on any atom is -0.382 e. The minimum atomic E-state index is -0.716. The molecule has 0 bridgehead atoms. The van der Waals surface area contributed by atoms with E-state index in [0.717, 1.165) is 0 Å². The van der Waals surface area contributed by atoms with Crippen LogP contribution in [-0.2, 0) is 14.3 Å². The third kappa shape index (κ3) is 5.78. The second-order valence-electron chi connectivity index (χ2n) is 2.08. The fourth-order valence-electron chi connectivity index (χ4n) is 0.435. The van der Waals surface area contributed by atoms with E-state index in [0.29, 0.717) is 13.2 Å². The first-order valence-electron chi connectivity index (χ1n) is 3.30. The number of carbonyl (C=O) groups is 1. The van der Waals surface area contributed by atoms with Crippen LogP contribution in [0.3, 0.4) is 0 Å². The van der Waals surface area contributed by atoms with Gasteiger partial charge in [-0.05, 0) is 0 Å². The first-order valence-corrected chi connectivity index (χ1v) is 3.30. The maximum atomic E-state index is 10.3. The Morgan fingerprint density at radius 1 is 1.55 bits per heavy atom. The van der Waals surface area contributed by atoms with Crippen LogP contribution in [0.5, 0.6) is 0 Å². The number of rotatable bonds is 6. The van der Waals surface area contributed by atoms with Crippen molar-refractivity contribution in [2.45, 2.75) is 6.04 Å². The van der Waals surface area contributed by atoms with Gasteiger partial charge in [0, 0.05) is 7.11 Å². The standard InChI is InChI=1S/C6H14N2O3/c1-10-2-3-11-4-5(7)6(8)9/h5H,2-4,7H2,1H3,(H2,8,9). The van der Waals surface area contributed by atoms with E-state index in [1.807, 2.05) is 0 Å². The predicted octanol–water partition coefficient (Wildman–Crippen LogP) is -1.54. The lowest BCUT2D eigenvalue weighted by atomic mass is 10.3. The summed E-state index contributed by atoms with van der Waals surface area (Å²) in [6.07, 6.45) is 0. The van der Waals surface area contributed by atoms with Gasteiger partial charge < -0.3 is 20.9 Å². The van der Waals surface area contributed by atoms with E-state index in [2.05, 4.69) is 0 Å². The van der Waals surface area contributed by atoms with Crippen molar-refractivity contribution in [1.29, 1.82) is 0 Å². The lowest BCUT2D eigenvalue weighted by molar-refractivity contribution is -0.120. The molecule has 11 heavy (non-hydrogen) atoms. The van der Waals surface area contributed by atoms with E-state index in [9.17, 15) is 4.79 Å². The fourth-order valence-corrected chi connectivity index (χ4v) is 0.435. The molecule has 0 saturated heterocycles. The molecule has 5 nitrogen and oxygen atoms in total. The molecule has 0 aromatic rings. The van der Waals surface area contributed by atoms with Gasteiger partial charge >= 0.3 is 0 Å². The molecule has 0 fully saturated rings. The molecule has 1 amide bonds. The number of hydrogen-bond acceptors (Lipinski definition) is 4. The van der Waals surface area contributed by atoms with E-state index in [1.165, 1.54) is 0 Å². The van der Waals surface area contributed by atoms with Gasteiger partial charge in [-0.15, -0.1) is 0 Å². The topological polar surface area (TPSA) is 87.6 Å². The summed E-state index contributed by atoms with van der Waals surface area (Å²) in [5.41, 5.74) is 10.1. The van der Waals surface area contributed by atoms with Crippen molar-refractivity contribution in [1.82, 2.24) is 0 Å². The van der Waals surface area contributed by atoms with Crippen LogP contribution in [0.25, 0.3) is 0 Å². The number of carbonyl (C=O) groups excluding carboxylic acids is 1. The molecule has 5 heteroatoms. The minimum absolute atomic E-state index is 0.151. The van der Waals surface area contributed by atoms with Crippen molar-refractivity contribution < 1.29 is 14.3 Å². The van der Waals surface area contributed by atoms with Gasteiger partial charge in [-0.1, -0.05) is 0 Å². The average Bonchev–Trinajstić information content (AvgIpc) is 1.97. The molecule has 0 heterocycles. The third-order valence-electron chi connectivity index (χ3n) is 1.09. The summed E-state index contributed by atoms with van der Waals surface area (Å²) in [6.45, 7) is 1.07. The Kier molecular flexibility index (Phi) is 5.73. The van der Waals surface area contributed by atoms with Crippen molar-refractivity contribution in [3.05, 3.63) is 0 Å². The SMILES string of the molecule is COCCOCC(N)C(N)=O. The number of ether oxygens (including phenoxy) is 2. The van der Waals surface area contributed by atoms with Crippen molar-refractivity contribution in [3.8, 4) is 0 Å². The highest BCUT2D eigenvalue weighted by Gasteiger charge is 2.07. The predicted molar refractivity (Wildman–Crippen MR) is 39.9 cm³/mol. The Labute approximate surface area is 65.6 Å². The van der Waals surface area contributed by atoms with Gasteiger partial charge in [-0.2, -0.15) is 0 Å². The molecule has 0 aromatic heterocycles. The van der Waals surface area contributed by atoms with Gasteiger partial charge in [-0.3, -0.25) is 4.79 Å². The second kappa shape index (κ2) is 6.09. The number of methoxy groups -OCH3 is 1. The second-order valence-corrected chi connectivity index (χ2v) is 2.08. The highest BCUT2D eigenvalue weighted by Crippen LogP contribution is 1.80. The Morgan fingerprint density at radius 2 is 2.18 bits per heavy atom. The number of primary amides is 1. The van der Waals surface area contributed by atoms with E-state index in [-0.39, 0.29) is 6.61 Å². The summed E-state index contributed by atoms with van der Waals surface area (Å²) in [6, 6.07) is -0.716. The van der Waals surface area contributed by atoms with Gasteiger partial charge in [0.2, 0.25) is 5.91 Å². The van der Waals surface area contributed by atoms with Crippen LogP contribution >= 0.6 is 0 Å². The summed E-state index contributed by atoms with van der Waals surface area (Å²) in [5, 5.41) is 0. The molecule has 0 radical (unpaired) electrons. The zero-order valence-corrected chi connectivity index (χ0v) is 6.58. The van der Waals surface area contributed by atoms with Crippen LogP contribution < -0.4 is 11.5 Å². The molecular formula is C6H14N2O3. The fraction of sp³-hybridized carbons (Fsp3) is 0.833. The van der Waals surface area contributed by atoms with Crippen LogP contribution in [-0.4, -0.2) is 38.9 Å². The molecule has 0 saturated carbocycles. The first-order chi connectivity index (χ1) is 5.18. The van der Waals surface area contributed by atoms with Crippen LogP contribution in [0.15, 0.2) is 0 Å². The van der Waals surface area contributed by atoms with Crippen molar-refractivity contribution in [2.24, 2.45) is 11.5 Å². The van der Waals surface area contributed by atoms with Crippen LogP contribution in [0, 0.1) is 0 Å². The molecule has 0 aliphatic carbocycles. The van der Waals surface area contributed by atoms with Crippen LogP contribution in [0.2, 0.25) is 0 Å². The monoisotopic (exact) mass is 162 g/mol. The normalized spacial score (nSPS) is 12.9. The molecule has 1 atom stereocenters. The van der Waals surface area contributed by atoms with Crippen molar-refractivity contribution in [3.63, 3.8) is 0 Å². The lowest BCUT2D eigenvalue weighted by Gasteiger charge is -2.07. The number of hydrogen-bond donors (Lipinski definition) is 2. The van der Waals surface area contributed by atoms with Crippen molar-refractivity contribution >= 4 is 5.91 Å². The van der Waals surface area contributed by atoms with E-state index >= 15 is 0 Å². The summed E-state index contributed by atoms with van der Waals surface area (Å²) < 4.78 is 9.65. The van der Waals surface area contributed by atoms with Gasteiger partial charge in [-0.25, -0.2) is 0 Å². The Bertz CT molecular complexity index is 118. The molecule has 66 valence electrons. The maximum absolute atomic E-state index is 10.3. The summed E-state index contributed by atoms with van der Waals surface area (Å²) in [4.78, 5) is 10.3. The number of amides is 1.